The van der Waals surface area contributed by atoms with Gasteiger partial charge < -0.3 is 15.4 Å². The van der Waals surface area contributed by atoms with Crippen LogP contribution >= 0.6 is 0 Å². The smallest absolute Gasteiger partial charge is 0.411 e. The average Bonchev–Trinajstić information content (AvgIpc) is 2.67. The van der Waals surface area contributed by atoms with Crippen molar-refractivity contribution >= 4 is 23.2 Å². The fraction of sp³-hybridized carbons (Fsp3) is 0.286. The number of halogens is 2. The van der Waals surface area contributed by atoms with Crippen LogP contribution < -0.4 is 16.0 Å². The number of amides is 1. The van der Waals surface area contributed by atoms with E-state index in [9.17, 15) is 9.18 Å². The molecule has 1 atom stereocenters. The van der Waals surface area contributed by atoms with Crippen molar-refractivity contribution in [1.82, 2.24) is 0 Å². The predicted molar refractivity (Wildman–Crippen MR) is 108 cm³/mol. The van der Waals surface area contributed by atoms with Gasteiger partial charge in [0.05, 0.1) is 23.7 Å². The van der Waals surface area contributed by atoms with Gasteiger partial charge in [-0.25, -0.2) is 13.6 Å². The third-order valence-corrected chi connectivity index (χ3v) is 4.21. The molecule has 28 heavy (non-hydrogen) atoms. The highest BCUT2D eigenvalue weighted by molar-refractivity contribution is 5.90. The van der Waals surface area contributed by atoms with Crippen molar-refractivity contribution in [1.29, 1.82) is 0 Å². The van der Waals surface area contributed by atoms with E-state index >= 15 is 4.39 Å². The van der Waals surface area contributed by atoms with Crippen molar-refractivity contribution in [3.63, 3.8) is 0 Å². The predicted octanol–water partition coefficient (Wildman–Crippen LogP) is 4.94. The van der Waals surface area contributed by atoms with Crippen LogP contribution in [0.2, 0.25) is 0 Å². The first-order valence-electron chi connectivity index (χ1n) is 8.99. The third-order valence-electron chi connectivity index (χ3n) is 4.21. The maximum Gasteiger partial charge on any atom is 0.411 e. The van der Waals surface area contributed by atoms with E-state index in [1.54, 1.807) is 36.1 Å². The van der Waals surface area contributed by atoms with Crippen LogP contribution in [0.25, 0.3) is 0 Å². The average molecular weight is 389 g/mol. The molecule has 2 rings (SSSR count). The lowest BCUT2D eigenvalue weighted by molar-refractivity contribution is 0.168. The number of nitrogen functional groups attached to an aromatic ring is 1. The number of anilines is 3. The zero-order valence-electron chi connectivity index (χ0n) is 16.0. The molecule has 2 aromatic carbocycles. The van der Waals surface area contributed by atoms with Gasteiger partial charge in [0.1, 0.15) is 5.82 Å². The summed E-state index contributed by atoms with van der Waals surface area (Å²) in [6.45, 7) is 8.44. The van der Waals surface area contributed by atoms with Crippen molar-refractivity contribution in [3.8, 4) is 0 Å². The number of nitrogens with two attached hydrogens (primary N) is 1. The molecule has 5 nitrogen and oxygen atoms in total. The summed E-state index contributed by atoms with van der Waals surface area (Å²) in [6.07, 6.45) is 1.07. The highest BCUT2D eigenvalue weighted by atomic mass is 19.1. The van der Waals surface area contributed by atoms with Gasteiger partial charge in [0.25, 0.3) is 0 Å². The lowest BCUT2D eigenvalue weighted by atomic mass is 10.1. The molecule has 150 valence electrons. The minimum Gasteiger partial charge on any atom is -0.450 e. The Labute approximate surface area is 163 Å². The van der Waals surface area contributed by atoms with Crippen LogP contribution in [0.1, 0.15) is 19.4 Å². The number of nitrogens with one attached hydrogen (secondary N) is 1. The lowest BCUT2D eigenvalue weighted by Gasteiger charge is -2.28. The summed E-state index contributed by atoms with van der Waals surface area (Å²) in [4.78, 5) is 13.4. The van der Waals surface area contributed by atoms with E-state index in [2.05, 4.69) is 11.9 Å². The fourth-order valence-corrected chi connectivity index (χ4v) is 2.69. The summed E-state index contributed by atoms with van der Waals surface area (Å²) in [6, 6.07) is 9.11. The van der Waals surface area contributed by atoms with Crippen LogP contribution in [0.3, 0.4) is 0 Å². The summed E-state index contributed by atoms with van der Waals surface area (Å²) >= 11 is 0. The minimum absolute atomic E-state index is 0.0819. The summed E-state index contributed by atoms with van der Waals surface area (Å²) in [5, 5.41) is 2.42. The van der Waals surface area contributed by atoms with Crippen LogP contribution in [0.4, 0.5) is 30.6 Å². The first-order valence-corrected chi connectivity index (χ1v) is 8.99. The Bertz CT molecular complexity index is 825. The van der Waals surface area contributed by atoms with E-state index in [0.717, 1.165) is 5.56 Å². The minimum atomic E-state index is -0.704. The van der Waals surface area contributed by atoms with E-state index in [4.69, 9.17) is 10.5 Å². The van der Waals surface area contributed by atoms with Gasteiger partial charge in [0.2, 0.25) is 0 Å². The zero-order valence-corrected chi connectivity index (χ0v) is 16.0. The standard InChI is InChI=1S/C21H25F2N3O2/c1-4-14(3)12-26(13-15-6-8-16(22)9-7-15)18-11-10-17(20(24)19(18)23)25-21(27)28-5-2/h4,6-11,14H,1,5,12-13,24H2,2-3H3,(H,25,27). The molecule has 0 aliphatic carbocycles. The van der Waals surface area contributed by atoms with Gasteiger partial charge >= 0.3 is 6.09 Å². The molecule has 0 saturated heterocycles. The molecule has 0 saturated carbocycles. The van der Waals surface area contributed by atoms with Crippen LogP contribution in [0, 0.1) is 17.6 Å². The Morgan fingerprint density at radius 3 is 2.57 bits per heavy atom. The second-order valence-corrected chi connectivity index (χ2v) is 6.43. The number of ether oxygens (including phenoxy) is 1. The molecule has 2 aromatic rings. The van der Waals surface area contributed by atoms with E-state index in [1.165, 1.54) is 18.2 Å². The molecule has 0 heterocycles. The van der Waals surface area contributed by atoms with E-state index in [0.29, 0.717) is 13.1 Å². The highest BCUT2D eigenvalue weighted by Crippen LogP contribution is 2.32. The lowest BCUT2D eigenvalue weighted by Crippen LogP contribution is -2.28. The van der Waals surface area contributed by atoms with Crippen LogP contribution in [-0.4, -0.2) is 19.2 Å². The summed E-state index contributed by atoms with van der Waals surface area (Å²) in [5.41, 5.74) is 6.96. The summed E-state index contributed by atoms with van der Waals surface area (Å²) < 4.78 is 33.0. The molecule has 0 fully saturated rings. The molecule has 0 spiro atoms. The molecule has 0 aliphatic heterocycles. The summed E-state index contributed by atoms with van der Waals surface area (Å²) in [5.74, 6) is -0.898. The van der Waals surface area contributed by atoms with Crippen molar-refractivity contribution in [2.75, 3.05) is 29.1 Å². The normalized spacial score (nSPS) is 11.6. The molecule has 0 bridgehead atoms. The Kier molecular flexibility index (Phi) is 7.37. The quantitative estimate of drug-likeness (QED) is 0.495. The Morgan fingerprint density at radius 2 is 1.96 bits per heavy atom. The first kappa shape index (κ1) is 21.2. The largest absolute Gasteiger partial charge is 0.450 e. The van der Waals surface area contributed by atoms with E-state index < -0.39 is 11.9 Å². The highest BCUT2D eigenvalue weighted by Gasteiger charge is 2.19. The number of hydrogen-bond acceptors (Lipinski definition) is 4. The van der Waals surface area contributed by atoms with Gasteiger partial charge in [0.15, 0.2) is 5.82 Å². The molecule has 7 heteroatoms. The Hall–Kier alpha value is -3.09. The number of nitrogens with zero attached hydrogens (tertiary/aromatic N) is 1. The van der Waals surface area contributed by atoms with Gasteiger partial charge in [-0.15, -0.1) is 6.58 Å². The molecule has 0 aliphatic rings. The van der Waals surface area contributed by atoms with Crippen LogP contribution in [-0.2, 0) is 11.3 Å². The number of carbonyl (C=O) groups excluding carboxylic acids is 1. The molecule has 0 aromatic heterocycles. The zero-order chi connectivity index (χ0) is 20.7. The Balaban J connectivity index is 2.33. The maximum atomic E-state index is 15.0. The summed E-state index contributed by atoms with van der Waals surface area (Å²) in [7, 11) is 0. The molecule has 1 amide bonds. The molecule has 1 unspecified atom stereocenters. The monoisotopic (exact) mass is 389 g/mol. The number of benzene rings is 2. The molecule has 3 N–H and O–H groups in total. The third kappa shape index (κ3) is 5.45. The van der Waals surface area contributed by atoms with Gasteiger partial charge in [-0.1, -0.05) is 25.1 Å². The van der Waals surface area contributed by atoms with Crippen molar-refractivity contribution in [2.45, 2.75) is 20.4 Å². The van der Waals surface area contributed by atoms with Crippen molar-refractivity contribution in [3.05, 3.63) is 66.3 Å². The number of rotatable bonds is 8. The van der Waals surface area contributed by atoms with Crippen molar-refractivity contribution in [2.24, 2.45) is 5.92 Å². The fourth-order valence-electron chi connectivity index (χ4n) is 2.69. The molecular formula is C21H25F2N3O2. The SMILES string of the molecule is C=CC(C)CN(Cc1ccc(F)cc1)c1ccc(NC(=O)OCC)c(N)c1F. The van der Waals surface area contributed by atoms with E-state index in [-0.39, 0.29) is 35.4 Å². The number of hydrogen-bond donors (Lipinski definition) is 2. The second kappa shape index (κ2) is 9.73. The second-order valence-electron chi connectivity index (χ2n) is 6.43. The molecule has 0 radical (unpaired) electrons. The van der Waals surface area contributed by atoms with Crippen LogP contribution in [0.15, 0.2) is 49.1 Å². The first-order chi connectivity index (χ1) is 13.3. The topological polar surface area (TPSA) is 67.6 Å². The maximum absolute atomic E-state index is 15.0. The number of carbonyl (C=O) groups is 1. The van der Waals surface area contributed by atoms with Crippen molar-refractivity contribution < 1.29 is 18.3 Å². The van der Waals surface area contributed by atoms with Gasteiger partial charge in [-0.2, -0.15) is 0 Å². The van der Waals surface area contributed by atoms with Gasteiger partial charge in [-0.05, 0) is 42.7 Å². The van der Waals surface area contributed by atoms with Gasteiger partial charge in [-0.3, -0.25) is 5.32 Å². The Morgan fingerprint density at radius 1 is 1.29 bits per heavy atom. The molecular weight excluding hydrogens is 364 g/mol. The van der Waals surface area contributed by atoms with E-state index in [1.807, 2.05) is 6.92 Å². The van der Waals surface area contributed by atoms with Gasteiger partial charge in [0, 0.05) is 13.1 Å². The van der Waals surface area contributed by atoms with Crippen LogP contribution in [0.5, 0.6) is 0 Å².